The monoisotopic (exact) mass is 1670 g/mol. The van der Waals surface area contributed by atoms with Crippen LogP contribution in [0.5, 0.6) is 0 Å². The fourth-order valence-electron chi connectivity index (χ4n) is 20.8. The predicted octanol–water partition coefficient (Wildman–Crippen LogP) is 33.2. The lowest BCUT2D eigenvalue weighted by atomic mass is 9.33. The fourth-order valence-corrected chi connectivity index (χ4v) is 20.8. The lowest BCUT2D eigenvalue weighted by molar-refractivity contribution is 0.569. The van der Waals surface area contributed by atoms with E-state index in [1.807, 2.05) is 0 Å². The summed E-state index contributed by atoms with van der Waals surface area (Å²) in [5.41, 5.74) is 38.7. The molecule has 23 rings (SSSR count). The van der Waals surface area contributed by atoms with Gasteiger partial charge in [-0.05, 0) is 241 Å². The zero-order chi connectivity index (χ0) is 88.2. The van der Waals surface area contributed by atoms with Gasteiger partial charge in [-0.1, -0.05) is 340 Å². The van der Waals surface area contributed by atoms with E-state index in [0.29, 0.717) is 0 Å². The molecule has 6 nitrogen and oxygen atoms in total. The lowest BCUT2D eigenvalue weighted by Crippen LogP contribution is -2.61. The van der Waals surface area contributed by atoms with E-state index >= 15 is 0 Å². The first kappa shape index (κ1) is 79.3. The molecule has 2 aliphatic heterocycles. The highest BCUT2D eigenvalue weighted by Crippen LogP contribution is 2.59. The number of hydrogen-bond donors (Lipinski definition) is 0. The van der Waals surface area contributed by atoms with Gasteiger partial charge in [0.05, 0.1) is 11.4 Å². The molecule has 0 aliphatic carbocycles. The Morgan fingerprint density at radius 3 is 0.868 bits per heavy atom. The first-order valence-corrected chi connectivity index (χ1v) is 45.6. The second-order valence-electron chi connectivity index (χ2n) is 41.1. The van der Waals surface area contributed by atoms with Gasteiger partial charge < -0.3 is 27.5 Å². The second-order valence-corrected chi connectivity index (χ2v) is 41.1. The van der Waals surface area contributed by atoms with E-state index in [-0.39, 0.29) is 28.4 Å². The van der Waals surface area contributed by atoms with Gasteiger partial charge in [-0.25, -0.2) is 0 Å². The van der Waals surface area contributed by atoms with Gasteiger partial charge in [-0.2, -0.15) is 0 Å². The van der Waals surface area contributed by atoms with Gasteiger partial charge >= 0.3 is 0 Å². The first-order valence-electron chi connectivity index (χ1n) is 45.6. The molecule has 0 amide bonds. The molecule has 2 aliphatic rings. The van der Waals surface area contributed by atoms with Crippen LogP contribution in [0.15, 0.2) is 357 Å². The Morgan fingerprint density at radius 2 is 0.496 bits per heavy atom. The second kappa shape index (κ2) is 29.1. The van der Waals surface area contributed by atoms with Crippen molar-refractivity contribution in [1.29, 1.82) is 0 Å². The molecule has 7 heteroatoms. The van der Waals surface area contributed by atoms with Gasteiger partial charge in [0.15, 0.2) is 0 Å². The number of furan rings is 4. The van der Waals surface area contributed by atoms with E-state index in [9.17, 15) is 0 Å². The van der Waals surface area contributed by atoms with Gasteiger partial charge in [-0.3, -0.25) is 0 Å². The summed E-state index contributed by atoms with van der Waals surface area (Å²) in [4.78, 5) is 5.52. The normalized spacial score (nSPS) is 13.2. The molecule has 0 bridgehead atoms. The minimum atomic E-state index is -0.473. The highest BCUT2D eigenvalue weighted by molar-refractivity contribution is 7.00. The summed E-state index contributed by atoms with van der Waals surface area (Å²) in [6, 6.07) is 128. The maximum atomic E-state index is 7.09. The molecule has 0 saturated carbocycles. The molecule has 0 saturated heterocycles. The maximum absolute atomic E-state index is 7.09. The third kappa shape index (κ3) is 12.9. The molecule has 6 heterocycles. The summed E-state index contributed by atoms with van der Waals surface area (Å²) in [7, 11) is 0. The molecule has 17 aromatic carbocycles. The van der Waals surface area contributed by atoms with Crippen LogP contribution in [0.4, 0.5) is 34.1 Å². The minimum Gasteiger partial charge on any atom is -0.456 e. The Labute approximate surface area is 754 Å². The van der Waals surface area contributed by atoms with Gasteiger partial charge in [0.1, 0.15) is 44.7 Å². The Kier molecular flexibility index (Phi) is 17.9. The van der Waals surface area contributed by atoms with Crippen LogP contribution in [0.1, 0.15) is 132 Å². The van der Waals surface area contributed by atoms with Crippen molar-refractivity contribution in [2.24, 2.45) is 0 Å². The molecule has 0 atom stereocenters. The molecular formula is C122H101BN2O4. The summed E-state index contributed by atoms with van der Waals surface area (Å²) < 4.78 is 28.3. The number of fused-ring (bicyclic) bond motifs is 16. The smallest absolute Gasteiger partial charge is 0.252 e. The lowest BCUT2D eigenvalue weighted by Gasteiger charge is -2.47. The minimum absolute atomic E-state index is 0.170. The number of para-hydroxylation sites is 4. The summed E-state index contributed by atoms with van der Waals surface area (Å²) in [6.07, 6.45) is 0. The standard InChI is InChI=1S/C122H101BN2O4/c1-118(2,3)78-60-77(61-79(65-78)119(4,5)6)75-55-58-97-99(63-75)124(116-93(84-42-30-50-107-111(84)88-38-22-26-46-103(88)126-107)66-80(120(7,8)9)67-94(116)85-43-31-51-108-112(85)89-39-23-27-47-104(89)127-108)101-70-82(122(13,14)15)71-102-115(101)123(97)98-59-56-76(83-57-54-74(72-34-18-16-19-35-72)62-92(83)73-36-20-17-21-37-73)64-100(98)125(102)117-95(86-44-32-52-109-113(86)90-40-24-28-48-105(90)128-109)68-81(121(10,11)12)69-96(117)87-45-33-53-110-114(87)91-41-25-29-49-106(91)129-110/h16-71H,1-15H3. The van der Waals surface area contributed by atoms with Crippen molar-refractivity contribution in [3.63, 3.8) is 0 Å². The van der Waals surface area contributed by atoms with Gasteiger partial charge in [0, 0.05) is 88.1 Å². The van der Waals surface area contributed by atoms with Gasteiger partial charge in [0.25, 0.3) is 6.71 Å². The Bertz CT molecular complexity index is 7910. The van der Waals surface area contributed by atoms with Crippen LogP contribution in [0, 0.1) is 0 Å². The van der Waals surface area contributed by atoms with Crippen LogP contribution >= 0.6 is 0 Å². The van der Waals surface area contributed by atoms with Gasteiger partial charge in [-0.15, -0.1) is 0 Å². The van der Waals surface area contributed by atoms with E-state index in [2.05, 4.69) is 453 Å². The van der Waals surface area contributed by atoms with E-state index in [1.54, 1.807) is 0 Å². The molecule has 4 aromatic heterocycles. The van der Waals surface area contributed by atoms with Crippen molar-refractivity contribution in [2.75, 3.05) is 9.80 Å². The summed E-state index contributed by atoms with van der Waals surface area (Å²) >= 11 is 0. The van der Waals surface area contributed by atoms with E-state index in [0.717, 1.165) is 205 Å². The van der Waals surface area contributed by atoms with Crippen molar-refractivity contribution < 1.29 is 17.7 Å². The van der Waals surface area contributed by atoms with E-state index < -0.39 is 5.41 Å². The maximum Gasteiger partial charge on any atom is 0.252 e. The Hall–Kier alpha value is -14.4. The highest BCUT2D eigenvalue weighted by Gasteiger charge is 2.48. The third-order valence-electron chi connectivity index (χ3n) is 27.6. The molecule has 0 spiro atoms. The van der Waals surface area contributed by atoms with Crippen LogP contribution < -0.4 is 26.2 Å². The van der Waals surface area contributed by atoms with Gasteiger partial charge in [0.2, 0.25) is 0 Å². The topological polar surface area (TPSA) is 59.0 Å². The van der Waals surface area contributed by atoms with Crippen LogP contribution in [0.25, 0.3) is 177 Å². The van der Waals surface area contributed by atoms with Crippen molar-refractivity contribution in [2.45, 2.75) is 131 Å². The molecule has 0 fully saturated rings. The van der Waals surface area contributed by atoms with E-state index in [1.165, 1.54) is 49.8 Å². The van der Waals surface area contributed by atoms with Crippen LogP contribution in [0.3, 0.4) is 0 Å². The fraction of sp³-hybridized carbons (Fsp3) is 0.164. The Morgan fingerprint density at radius 1 is 0.194 bits per heavy atom. The average Bonchev–Trinajstić information content (AvgIpc) is 0.853. The van der Waals surface area contributed by atoms with Crippen molar-refractivity contribution in [1.82, 2.24) is 0 Å². The largest absolute Gasteiger partial charge is 0.456 e. The van der Waals surface area contributed by atoms with Crippen molar-refractivity contribution in [3.05, 3.63) is 368 Å². The molecule has 626 valence electrons. The number of nitrogens with zero attached hydrogens (tertiary/aromatic N) is 2. The summed E-state index contributed by atoms with van der Waals surface area (Å²) in [5.74, 6) is 0. The quantitative estimate of drug-likeness (QED) is 0.127. The molecule has 21 aromatic rings. The molecule has 129 heavy (non-hydrogen) atoms. The third-order valence-corrected chi connectivity index (χ3v) is 27.6. The summed E-state index contributed by atoms with van der Waals surface area (Å²) in [5, 5.41) is 8.43. The van der Waals surface area contributed by atoms with Crippen LogP contribution in [-0.2, 0) is 27.1 Å². The predicted molar refractivity (Wildman–Crippen MR) is 547 cm³/mol. The number of rotatable bonds is 10. The zero-order valence-corrected chi connectivity index (χ0v) is 75.9. The van der Waals surface area contributed by atoms with Crippen LogP contribution in [-0.4, -0.2) is 6.71 Å². The van der Waals surface area contributed by atoms with E-state index in [4.69, 9.17) is 17.7 Å². The highest BCUT2D eigenvalue weighted by atomic mass is 16.3. The zero-order valence-electron chi connectivity index (χ0n) is 75.9. The molecule has 0 N–H and O–H groups in total. The number of anilines is 6. The molecular weight excluding hydrogens is 1570 g/mol. The van der Waals surface area contributed by atoms with Crippen LogP contribution in [0.2, 0.25) is 0 Å². The number of benzene rings is 17. The summed E-state index contributed by atoms with van der Waals surface area (Å²) in [6.45, 7) is 35.2. The molecule has 0 radical (unpaired) electrons. The Balaban J connectivity index is 0.934. The molecule has 0 unspecified atom stereocenters. The van der Waals surface area contributed by atoms with Crippen molar-refractivity contribution >= 4 is 145 Å². The SMILES string of the molecule is CC(C)(C)c1cc(-c2ccc3c(c2)N(c2c(-c4cccc5oc6ccccc6c45)cc(C(C)(C)C)cc2-c2cccc4oc5ccccc5c24)c2cc(C(C)(C)C)cc4c2B3c2ccc(-c3ccc(-c5ccccc5)cc3-c3ccccc3)cc2N4c2c(-c3cccc4oc5ccccc5c34)cc(C(C)(C)C)cc2-c2cccc3oc4ccccc4c23)cc(C(C)(C)C)c1. The number of hydrogen-bond acceptors (Lipinski definition) is 6. The van der Waals surface area contributed by atoms with Crippen molar-refractivity contribution in [3.8, 4) is 89.0 Å². The first-order chi connectivity index (χ1) is 62.1. The average molecular weight is 1670 g/mol.